The minimum atomic E-state index is -0.529. The lowest BCUT2D eigenvalue weighted by molar-refractivity contribution is -0.384. The van der Waals surface area contributed by atoms with E-state index in [1.54, 1.807) is 18.2 Å². The van der Waals surface area contributed by atoms with Crippen LogP contribution in [0.4, 0.5) is 11.4 Å². The Labute approximate surface area is 184 Å². The summed E-state index contributed by atoms with van der Waals surface area (Å²) in [5.41, 5.74) is 0.951. The number of ether oxygens (including phenoxy) is 3. The zero-order chi connectivity index (χ0) is 23.3. The second-order valence-electron chi connectivity index (χ2n) is 6.89. The van der Waals surface area contributed by atoms with Gasteiger partial charge in [0, 0.05) is 56.3 Å². The van der Waals surface area contributed by atoms with E-state index in [0.717, 1.165) is 4.90 Å². The highest BCUT2D eigenvalue weighted by Gasteiger charge is 2.39. The van der Waals surface area contributed by atoms with Gasteiger partial charge < -0.3 is 19.5 Å². The van der Waals surface area contributed by atoms with E-state index in [2.05, 4.69) is 5.32 Å². The van der Waals surface area contributed by atoms with Crippen LogP contribution in [-0.2, 0) is 14.3 Å². The number of benzene rings is 2. The molecule has 1 aliphatic heterocycles. The largest absolute Gasteiger partial charge is 0.497 e. The molecule has 0 saturated heterocycles. The van der Waals surface area contributed by atoms with Gasteiger partial charge >= 0.3 is 0 Å². The number of non-ortho nitro benzene ring substituents is 1. The number of hydrogen-bond donors (Lipinski definition) is 1. The summed E-state index contributed by atoms with van der Waals surface area (Å²) < 4.78 is 15.6. The van der Waals surface area contributed by atoms with Gasteiger partial charge in [-0.15, -0.1) is 0 Å². The molecule has 10 nitrogen and oxygen atoms in total. The van der Waals surface area contributed by atoms with E-state index in [0.29, 0.717) is 35.8 Å². The number of rotatable bonds is 10. The highest BCUT2D eigenvalue weighted by molar-refractivity contribution is 6.36. The average Bonchev–Trinajstić information content (AvgIpc) is 3.03. The molecule has 0 atom stereocenters. The first kappa shape index (κ1) is 22.8. The van der Waals surface area contributed by atoms with Crippen molar-refractivity contribution in [2.45, 2.75) is 6.42 Å². The average molecular weight is 441 g/mol. The third-order valence-electron chi connectivity index (χ3n) is 4.89. The topological polar surface area (TPSA) is 120 Å². The van der Waals surface area contributed by atoms with Crippen molar-refractivity contribution >= 4 is 28.8 Å². The van der Waals surface area contributed by atoms with Crippen LogP contribution in [0.3, 0.4) is 0 Å². The summed E-state index contributed by atoms with van der Waals surface area (Å²) in [4.78, 5) is 37.9. The molecule has 32 heavy (non-hydrogen) atoms. The Morgan fingerprint density at radius 2 is 1.59 bits per heavy atom. The number of carbonyl (C=O) groups excluding carboxylic acids is 2. The summed E-state index contributed by atoms with van der Waals surface area (Å²) in [6.07, 6.45) is 0.474. The molecule has 1 heterocycles. The van der Waals surface area contributed by atoms with Gasteiger partial charge in [-0.1, -0.05) is 0 Å². The second kappa shape index (κ2) is 9.92. The fourth-order valence-electron chi connectivity index (χ4n) is 3.30. The van der Waals surface area contributed by atoms with Gasteiger partial charge in [0.05, 0.1) is 24.7 Å². The summed E-state index contributed by atoms with van der Waals surface area (Å²) >= 11 is 0. The number of nitro benzene ring substituents is 1. The third-order valence-corrected chi connectivity index (χ3v) is 4.89. The summed E-state index contributed by atoms with van der Waals surface area (Å²) in [6.45, 7) is 0.564. The highest BCUT2D eigenvalue weighted by atomic mass is 16.6. The van der Waals surface area contributed by atoms with Gasteiger partial charge in [0.15, 0.2) is 0 Å². The van der Waals surface area contributed by atoms with E-state index in [-0.39, 0.29) is 23.5 Å². The molecule has 2 amide bonds. The van der Waals surface area contributed by atoms with Crippen molar-refractivity contribution in [3.05, 3.63) is 63.8 Å². The van der Waals surface area contributed by atoms with Crippen LogP contribution in [0.5, 0.6) is 11.5 Å². The fourth-order valence-corrected chi connectivity index (χ4v) is 3.30. The number of nitro groups is 1. The smallest absolute Gasteiger partial charge is 0.278 e. The number of carbonyl (C=O) groups is 2. The first-order chi connectivity index (χ1) is 15.4. The van der Waals surface area contributed by atoms with Gasteiger partial charge in [-0.2, -0.15) is 0 Å². The predicted octanol–water partition coefficient (Wildman–Crippen LogP) is 2.84. The molecule has 2 aromatic rings. The molecule has 0 saturated carbocycles. The van der Waals surface area contributed by atoms with Crippen LogP contribution < -0.4 is 14.8 Å². The van der Waals surface area contributed by atoms with Crippen molar-refractivity contribution in [1.29, 1.82) is 0 Å². The van der Waals surface area contributed by atoms with E-state index >= 15 is 0 Å². The van der Waals surface area contributed by atoms with Gasteiger partial charge in [0.1, 0.15) is 17.2 Å². The van der Waals surface area contributed by atoms with Crippen LogP contribution in [0.1, 0.15) is 12.0 Å². The quantitative estimate of drug-likeness (QED) is 0.259. The van der Waals surface area contributed by atoms with Crippen molar-refractivity contribution in [2.75, 3.05) is 39.8 Å². The lowest BCUT2D eigenvalue weighted by atomic mass is 10.0. The normalized spacial score (nSPS) is 13.5. The molecule has 1 N–H and O–H groups in total. The van der Waals surface area contributed by atoms with Crippen LogP contribution >= 0.6 is 0 Å². The van der Waals surface area contributed by atoms with E-state index in [9.17, 15) is 19.7 Å². The monoisotopic (exact) mass is 441 g/mol. The molecule has 3 rings (SSSR count). The lowest BCUT2D eigenvalue weighted by Crippen LogP contribution is -2.33. The number of amides is 2. The van der Waals surface area contributed by atoms with Crippen molar-refractivity contribution in [3.8, 4) is 11.5 Å². The fraction of sp³-hybridized carbons (Fsp3) is 0.273. The van der Waals surface area contributed by atoms with Crippen LogP contribution in [-0.4, -0.2) is 56.1 Å². The maximum absolute atomic E-state index is 13.2. The molecule has 2 aromatic carbocycles. The minimum Gasteiger partial charge on any atom is -0.497 e. The molecule has 0 unspecified atom stereocenters. The van der Waals surface area contributed by atoms with Gasteiger partial charge in [-0.05, 0) is 24.1 Å². The summed E-state index contributed by atoms with van der Waals surface area (Å²) in [6, 6.07) is 10.5. The molecule has 0 aliphatic carbocycles. The van der Waals surface area contributed by atoms with Crippen LogP contribution in [0.25, 0.3) is 5.57 Å². The Kier molecular flexibility index (Phi) is 7.06. The Morgan fingerprint density at radius 3 is 2.12 bits per heavy atom. The predicted molar refractivity (Wildman–Crippen MR) is 116 cm³/mol. The summed E-state index contributed by atoms with van der Waals surface area (Å²) in [5.74, 6) is 0.00896. The number of nitrogens with zero attached hydrogens (tertiary/aromatic N) is 2. The van der Waals surface area contributed by atoms with Crippen LogP contribution in [0.2, 0.25) is 0 Å². The van der Waals surface area contributed by atoms with E-state index in [1.165, 1.54) is 45.6 Å². The minimum absolute atomic E-state index is 0.0663. The maximum Gasteiger partial charge on any atom is 0.278 e. The Balaban J connectivity index is 2.04. The van der Waals surface area contributed by atoms with Gasteiger partial charge in [0.25, 0.3) is 17.5 Å². The van der Waals surface area contributed by atoms with Gasteiger partial charge in [-0.25, -0.2) is 0 Å². The van der Waals surface area contributed by atoms with E-state index in [1.807, 2.05) is 0 Å². The second-order valence-corrected chi connectivity index (χ2v) is 6.89. The first-order valence-corrected chi connectivity index (χ1v) is 9.74. The molecular weight excluding hydrogens is 418 g/mol. The maximum atomic E-state index is 13.2. The molecule has 1 aliphatic rings. The zero-order valence-electron chi connectivity index (χ0n) is 17.9. The number of hydrogen-bond acceptors (Lipinski definition) is 8. The molecule has 0 radical (unpaired) electrons. The number of nitrogens with one attached hydrogen (secondary N) is 1. The Hall–Kier alpha value is -3.92. The molecule has 0 fully saturated rings. The third kappa shape index (κ3) is 4.70. The molecule has 0 spiro atoms. The van der Waals surface area contributed by atoms with E-state index in [4.69, 9.17) is 14.2 Å². The summed E-state index contributed by atoms with van der Waals surface area (Å²) in [7, 11) is 4.54. The number of anilines is 1. The molecule has 168 valence electrons. The van der Waals surface area contributed by atoms with E-state index < -0.39 is 16.7 Å². The molecule has 10 heteroatoms. The zero-order valence-corrected chi connectivity index (χ0v) is 17.9. The van der Waals surface area contributed by atoms with Crippen molar-refractivity contribution in [3.63, 3.8) is 0 Å². The standard InChI is InChI=1S/C22H23N3O7/c1-30-10-4-9-24-21(26)19(14-5-7-16(8-6-14)25(28)29)20(22(24)27)23-15-11-17(31-2)13-18(12-15)32-3/h5-8,11-13,23H,4,9-10H2,1-3H3. The van der Waals surface area contributed by atoms with Crippen molar-refractivity contribution in [2.24, 2.45) is 0 Å². The number of methoxy groups -OCH3 is 3. The van der Waals surface area contributed by atoms with Gasteiger partial charge in [-0.3, -0.25) is 24.6 Å². The first-order valence-electron chi connectivity index (χ1n) is 9.74. The Bertz CT molecular complexity index is 1040. The lowest BCUT2D eigenvalue weighted by Gasteiger charge is -2.15. The van der Waals surface area contributed by atoms with Crippen molar-refractivity contribution in [1.82, 2.24) is 4.90 Å². The number of imide groups is 1. The van der Waals surface area contributed by atoms with Gasteiger partial charge in [0.2, 0.25) is 0 Å². The summed E-state index contributed by atoms with van der Waals surface area (Å²) in [5, 5.41) is 14.0. The molecule has 0 bridgehead atoms. The SMILES string of the molecule is COCCCN1C(=O)C(Nc2cc(OC)cc(OC)c2)=C(c2ccc([N+](=O)[O-])cc2)C1=O. The Morgan fingerprint density at radius 1 is 0.969 bits per heavy atom. The van der Waals surface area contributed by atoms with Crippen molar-refractivity contribution < 1.29 is 28.7 Å². The molecular formula is C22H23N3O7. The highest BCUT2D eigenvalue weighted by Crippen LogP contribution is 2.33. The van der Waals surface area contributed by atoms with Crippen LogP contribution in [0.15, 0.2) is 48.2 Å². The molecule has 0 aromatic heterocycles. The van der Waals surface area contributed by atoms with Crippen LogP contribution in [0, 0.1) is 10.1 Å².